The highest BCUT2D eigenvalue weighted by atomic mass is 16.3. The molecule has 0 spiro atoms. The Morgan fingerprint density at radius 3 is 1.44 bits per heavy atom. The van der Waals surface area contributed by atoms with Crippen LogP contribution >= 0.6 is 0 Å². The number of benzene rings is 12. The summed E-state index contributed by atoms with van der Waals surface area (Å²) in [5, 5.41) is 14.0. The van der Waals surface area contributed by atoms with E-state index in [1.165, 1.54) is 141 Å². The molecule has 0 unspecified atom stereocenters. The van der Waals surface area contributed by atoms with Crippen molar-refractivity contribution in [3.63, 3.8) is 0 Å². The third kappa shape index (κ3) is 7.60. The molecule has 19 rings (SSSR count). The van der Waals surface area contributed by atoms with Crippen LogP contribution in [-0.2, 0) is 0 Å². The topological polar surface area (TPSA) is 50.3 Å². The smallest absolute Gasteiger partial charge is 0.138 e. The second-order valence-corrected chi connectivity index (χ2v) is 25.1. The van der Waals surface area contributed by atoms with Gasteiger partial charge in [0.05, 0.1) is 22.2 Å². The summed E-state index contributed by atoms with van der Waals surface area (Å²) in [4.78, 5) is 4.77. The summed E-state index contributed by atoms with van der Waals surface area (Å²) in [7, 11) is 0. The van der Waals surface area contributed by atoms with E-state index in [0.29, 0.717) is 11.8 Å². The lowest BCUT2D eigenvalue weighted by atomic mass is 9.83. The van der Waals surface area contributed by atoms with Crippen molar-refractivity contribution in [3.8, 4) is 11.1 Å². The molecule has 17 aromatic rings. The van der Waals surface area contributed by atoms with Gasteiger partial charge in [0.25, 0.3) is 0 Å². The molecule has 2 aliphatic carbocycles. The largest absolute Gasteiger partial charge is 0.456 e. The highest BCUT2D eigenvalue weighted by molar-refractivity contribution is 6.32. The molecule has 2 saturated carbocycles. The molecule has 0 atom stereocenters. The summed E-state index contributed by atoms with van der Waals surface area (Å²) in [6, 6.07) is 87.2. The van der Waals surface area contributed by atoms with Crippen LogP contribution in [0.15, 0.2) is 250 Å². The molecule has 6 nitrogen and oxygen atoms in total. The third-order valence-corrected chi connectivity index (χ3v) is 20.2. The maximum absolute atomic E-state index is 7.09. The Balaban J connectivity index is 0.780. The Morgan fingerprint density at radius 2 is 0.830 bits per heavy atom. The summed E-state index contributed by atoms with van der Waals surface area (Å²) in [5.41, 5.74) is 20.6. The lowest BCUT2D eigenvalue weighted by molar-refractivity contribution is 0.442. The molecule has 0 saturated heterocycles. The van der Waals surface area contributed by atoms with Gasteiger partial charge in [-0.15, -0.1) is 0 Å². The number of fused-ring (bicyclic) bond motifs is 17. The van der Waals surface area contributed by atoms with E-state index in [0.717, 1.165) is 94.6 Å². The standard InChI is InChI=1S/C82H61N3O3/c1-6-18-50(19-7-1)53-32-41-71-70(44-53)79-73(84(56-26-14-5-15-27-56)59-36-38-63-66-31-17-29-61(52-22-10-3-11-23-52)82(66)88-76(63)48-59)43-40-67-78-68-49-77-69(45-54(68)33-42-72(78)85(71)80(67)79)64-39-35-57(46-74(64)86-77)83(55-24-12-4-13-25-55)58-34-37-62-65-30-16-28-60(51-20-8-2-9-21-51)81(65)87-75(62)47-58/h1,4-7,12-19,24-49,51-52H,2-3,8-11,20-23H2. The van der Waals surface area contributed by atoms with Crippen molar-refractivity contribution < 1.29 is 13.3 Å². The first-order valence-corrected chi connectivity index (χ1v) is 31.8. The molecular formula is C82H61N3O3. The SMILES string of the molecule is c1ccc(-c2ccc3c(c2)c2c(N(c4ccccc4)c4ccc5c(c4)oc4c(C6CCCCC6)cccc45)ccc4c5c6cc7oc8cc(N(c9ccccc9)c9ccc%10c(c9)oc9c(C%11CCCCC%11)cccc9%10)ccc8c7cc6ccc5n3c42)cc1. The fourth-order valence-corrected chi connectivity index (χ4v) is 16.2. The van der Waals surface area contributed by atoms with E-state index in [2.05, 4.69) is 251 Å². The molecule has 88 heavy (non-hydrogen) atoms. The fraction of sp³-hybridized carbons (Fsp3) is 0.146. The van der Waals surface area contributed by atoms with Crippen molar-refractivity contribution in [2.24, 2.45) is 0 Å². The van der Waals surface area contributed by atoms with E-state index in [4.69, 9.17) is 13.3 Å². The summed E-state index contributed by atoms with van der Waals surface area (Å²) in [5.74, 6) is 1.08. The van der Waals surface area contributed by atoms with Crippen LogP contribution in [0, 0.1) is 0 Å². The molecule has 0 aliphatic heterocycles. The molecule has 5 heterocycles. The van der Waals surface area contributed by atoms with Crippen LogP contribution in [0.25, 0.3) is 126 Å². The number of para-hydroxylation sites is 4. The average Bonchev–Trinajstić information content (AvgIpc) is 1.61. The molecule has 12 aromatic carbocycles. The first-order chi connectivity index (χ1) is 43.6. The molecule has 2 fully saturated rings. The highest BCUT2D eigenvalue weighted by Crippen LogP contribution is 2.52. The van der Waals surface area contributed by atoms with Gasteiger partial charge in [0.1, 0.15) is 33.5 Å². The first-order valence-electron chi connectivity index (χ1n) is 31.8. The Hall–Kier alpha value is -10.3. The van der Waals surface area contributed by atoms with Crippen molar-refractivity contribution in [2.75, 3.05) is 9.80 Å². The van der Waals surface area contributed by atoms with Crippen LogP contribution in [-0.4, -0.2) is 4.40 Å². The number of nitrogens with zero attached hydrogens (tertiary/aromatic N) is 3. The molecular weight excluding hydrogens is 1070 g/mol. The molecule has 0 amide bonds. The second-order valence-electron chi connectivity index (χ2n) is 25.1. The van der Waals surface area contributed by atoms with Crippen LogP contribution in [0.1, 0.15) is 87.2 Å². The van der Waals surface area contributed by atoms with Gasteiger partial charge in [-0.25, -0.2) is 0 Å². The van der Waals surface area contributed by atoms with Gasteiger partial charge in [-0.05, 0) is 168 Å². The summed E-state index contributed by atoms with van der Waals surface area (Å²) in [6.45, 7) is 0. The van der Waals surface area contributed by atoms with E-state index in [1.807, 2.05) is 0 Å². The van der Waals surface area contributed by atoms with Crippen LogP contribution in [0.4, 0.5) is 34.1 Å². The maximum Gasteiger partial charge on any atom is 0.138 e. The molecule has 0 bridgehead atoms. The Bertz CT molecular complexity index is 5600. The van der Waals surface area contributed by atoms with Crippen LogP contribution in [0.5, 0.6) is 0 Å². The zero-order valence-corrected chi connectivity index (χ0v) is 48.8. The molecule has 0 N–H and O–H groups in total. The monoisotopic (exact) mass is 1140 g/mol. The number of aromatic nitrogens is 1. The molecule has 6 heteroatoms. The van der Waals surface area contributed by atoms with Crippen molar-refractivity contribution in [2.45, 2.75) is 76.0 Å². The lowest BCUT2D eigenvalue weighted by Gasteiger charge is -2.26. The quantitative estimate of drug-likeness (QED) is 0.144. The van der Waals surface area contributed by atoms with Gasteiger partial charge in [-0.2, -0.15) is 0 Å². The van der Waals surface area contributed by atoms with Gasteiger partial charge in [0.2, 0.25) is 0 Å². The van der Waals surface area contributed by atoms with E-state index < -0.39 is 0 Å². The fourth-order valence-electron chi connectivity index (χ4n) is 16.2. The molecule has 5 aromatic heterocycles. The minimum absolute atomic E-state index is 0.533. The highest BCUT2D eigenvalue weighted by Gasteiger charge is 2.29. The zero-order chi connectivity index (χ0) is 57.6. The Kier molecular flexibility index (Phi) is 11.1. The lowest BCUT2D eigenvalue weighted by Crippen LogP contribution is -2.10. The van der Waals surface area contributed by atoms with Crippen molar-refractivity contribution >= 4 is 149 Å². The predicted molar refractivity (Wildman–Crippen MR) is 367 cm³/mol. The van der Waals surface area contributed by atoms with Crippen LogP contribution in [0.2, 0.25) is 0 Å². The van der Waals surface area contributed by atoms with Gasteiger partial charge in [-0.3, -0.25) is 0 Å². The van der Waals surface area contributed by atoms with E-state index >= 15 is 0 Å². The van der Waals surface area contributed by atoms with Gasteiger partial charge < -0.3 is 27.5 Å². The number of furan rings is 3. The van der Waals surface area contributed by atoms with E-state index in [9.17, 15) is 0 Å². The van der Waals surface area contributed by atoms with Gasteiger partial charge in [-0.1, -0.05) is 160 Å². The van der Waals surface area contributed by atoms with Crippen LogP contribution < -0.4 is 9.80 Å². The van der Waals surface area contributed by atoms with Crippen molar-refractivity contribution in [1.29, 1.82) is 0 Å². The normalized spacial score (nSPS) is 14.7. The van der Waals surface area contributed by atoms with Gasteiger partial charge in [0, 0.05) is 100 Å². The third-order valence-electron chi connectivity index (χ3n) is 20.2. The van der Waals surface area contributed by atoms with Crippen molar-refractivity contribution in [1.82, 2.24) is 4.40 Å². The Labute approximate surface area is 508 Å². The first kappa shape index (κ1) is 49.9. The Morgan fingerprint density at radius 1 is 0.307 bits per heavy atom. The number of hydrogen-bond donors (Lipinski definition) is 0. The minimum atomic E-state index is 0.533. The van der Waals surface area contributed by atoms with Gasteiger partial charge in [0.15, 0.2) is 0 Å². The minimum Gasteiger partial charge on any atom is -0.456 e. The van der Waals surface area contributed by atoms with Gasteiger partial charge >= 0.3 is 0 Å². The number of hydrogen-bond acceptors (Lipinski definition) is 5. The molecule has 422 valence electrons. The van der Waals surface area contributed by atoms with E-state index in [1.54, 1.807) is 0 Å². The predicted octanol–water partition coefficient (Wildman–Crippen LogP) is 24.4. The number of rotatable bonds is 9. The summed E-state index contributed by atoms with van der Waals surface area (Å²) < 4.78 is 23.5. The second kappa shape index (κ2) is 19.6. The molecule has 0 radical (unpaired) electrons. The zero-order valence-electron chi connectivity index (χ0n) is 48.8. The maximum atomic E-state index is 7.09. The van der Waals surface area contributed by atoms with E-state index in [-0.39, 0.29) is 0 Å². The molecule has 2 aliphatic rings. The van der Waals surface area contributed by atoms with Crippen molar-refractivity contribution in [3.05, 3.63) is 248 Å². The summed E-state index contributed by atoms with van der Waals surface area (Å²) >= 11 is 0. The summed E-state index contributed by atoms with van der Waals surface area (Å²) in [6.07, 6.45) is 12.7. The average molecular weight is 1140 g/mol. The van der Waals surface area contributed by atoms with Crippen LogP contribution in [0.3, 0.4) is 0 Å². The number of anilines is 6.